The summed E-state index contributed by atoms with van der Waals surface area (Å²) in [4.78, 5) is 17.0. The second-order valence-corrected chi connectivity index (χ2v) is 8.11. The summed E-state index contributed by atoms with van der Waals surface area (Å²) in [5.74, 6) is -1.16. The monoisotopic (exact) mass is 449 g/mol. The van der Waals surface area contributed by atoms with E-state index in [9.17, 15) is 23.1 Å². The summed E-state index contributed by atoms with van der Waals surface area (Å²) < 4.78 is 51.1. The lowest BCUT2D eigenvalue weighted by atomic mass is 10.00. The molecule has 1 fully saturated rings. The summed E-state index contributed by atoms with van der Waals surface area (Å²) >= 11 is 0. The van der Waals surface area contributed by atoms with Crippen molar-refractivity contribution in [3.05, 3.63) is 47.8 Å². The van der Waals surface area contributed by atoms with Crippen molar-refractivity contribution in [1.29, 1.82) is 0 Å². The Kier molecular flexibility index (Phi) is 5.49. The third-order valence-corrected chi connectivity index (χ3v) is 5.27. The molecule has 1 aliphatic carbocycles. The molecule has 1 saturated carbocycles. The Morgan fingerprint density at radius 2 is 2.00 bits per heavy atom. The van der Waals surface area contributed by atoms with Gasteiger partial charge in [-0.25, -0.2) is 9.37 Å². The van der Waals surface area contributed by atoms with Crippen LogP contribution < -0.4 is 14.8 Å². The zero-order chi connectivity index (χ0) is 23.2. The van der Waals surface area contributed by atoms with Crippen LogP contribution in [0.2, 0.25) is 0 Å². The molecule has 0 aliphatic heterocycles. The predicted octanol–water partition coefficient (Wildman–Crippen LogP) is 3.68. The van der Waals surface area contributed by atoms with Gasteiger partial charge in [0.1, 0.15) is 28.9 Å². The number of hydrogen-bond donors (Lipinski definition) is 2. The van der Waals surface area contributed by atoms with Gasteiger partial charge in [0.15, 0.2) is 0 Å². The van der Waals surface area contributed by atoms with Crippen LogP contribution >= 0.6 is 0 Å². The van der Waals surface area contributed by atoms with E-state index < -0.39 is 36.1 Å². The minimum absolute atomic E-state index is 0.00484. The molecule has 32 heavy (non-hydrogen) atoms. The summed E-state index contributed by atoms with van der Waals surface area (Å²) in [6, 6.07) is 5.56. The van der Waals surface area contributed by atoms with E-state index in [-0.39, 0.29) is 17.7 Å². The van der Waals surface area contributed by atoms with Crippen molar-refractivity contribution < 1.29 is 32.5 Å². The number of carbonyl (C=O) groups is 1. The van der Waals surface area contributed by atoms with E-state index in [1.54, 1.807) is 36.6 Å². The van der Waals surface area contributed by atoms with Crippen LogP contribution in [0.25, 0.3) is 16.9 Å². The van der Waals surface area contributed by atoms with Gasteiger partial charge in [0, 0.05) is 18.2 Å². The van der Waals surface area contributed by atoms with Gasteiger partial charge in [-0.1, -0.05) is 0 Å². The Morgan fingerprint density at radius 1 is 1.31 bits per heavy atom. The Bertz CT molecular complexity index is 1170. The van der Waals surface area contributed by atoms with Crippen molar-refractivity contribution >= 4 is 11.6 Å². The average Bonchev–Trinajstić information content (AvgIpc) is 3.23. The highest BCUT2D eigenvalue weighted by Crippen LogP contribution is 2.37. The zero-order valence-corrected chi connectivity index (χ0v) is 17.6. The highest BCUT2D eigenvalue weighted by atomic mass is 19.3. The van der Waals surface area contributed by atoms with Gasteiger partial charge < -0.3 is 19.9 Å². The number of rotatable bonds is 7. The van der Waals surface area contributed by atoms with Crippen molar-refractivity contribution in [2.24, 2.45) is 0 Å². The van der Waals surface area contributed by atoms with Crippen LogP contribution in [0.5, 0.6) is 11.5 Å². The molecule has 0 unspecified atom stereocenters. The van der Waals surface area contributed by atoms with Crippen LogP contribution in [0, 0.1) is 0 Å². The van der Waals surface area contributed by atoms with Gasteiger partial charge in [0.2, 0.25) is 0 Å². The van der Waals surface area contributed by atoms with Crippen LogP contribution in [-0.4, -0.2) is 46.3 Å². The molecule has 2 aromatic heterocycles. The third kappa shape index (κ3) is 4.22. The van der Waals surface area contributed by atoms with Gasteiger partial charge in [-0.3, -0.25) is 9.20 Å². The number of hydrogen-bond acceptors (Lipinski definition) is 5. The SMILES string of the molecule is COc1cc(-c2cnc3cc(C(C)(C)O)ccn23)cc(OC(F)F)c1C(=O)N[C@@H]1C[C@@H]1F. The summed E-state index contributed by atoms with van der Waals surface area (Å²) in [6.45, 7) is 0.115. The maximum atomic E-state index is 13.2. The fraction of sp³-hybridized carbons (Fsp3) is 0.364. The number of halogens is 3. The largest absolute Gasteiger partial charge is 0.496 e. The molecule has 4 rings (SSSR count). The molecular formula is C22H22F3N3O4. The number of aliphatic hydroxyl groups is 1. The van der Waals surface area contributed by atoms with Gasteiger partial charge in [0.25, 0.3) is 5.91 Å². The minimum atomic E-state index is -3.19. The maximum absolute atomic E-state index is 13.2. The number of imidazole rings is 1. The van der Waals surface area contributed by atoms with E-state index >= 15 is 0 Å². The molecule has 0 saturated heterocycles. The van der Waals surface area contributed by atoms with Crippen molar-refractivity contribution in [1.82, 2.24) is 14.7 Å². The molecule has 1 amide bonds. The molecule has 1 aromatic carbocycles. The number of aromatic nitrogens is 2. The van der Waals surface area contributed by atoms with E-state index in [0.29, 0.717) is 22.5 Å². The van der Waals surface area contributed by atoms with Gasteiger partial charge in [0.05, 0.1) is 30.6 Å². The molecule has 0 bridgehead atoms. The van der Waals surface area contributed by atoms with Crippen molar-refractivity contribution in [2.45, 2.75) is 44.7 Å². The maximum Gasteiger partial charge on any atom is 0.387 e. The van der Waals surface area contributed by atoms with E-state index in [4.69, 9.17) is 4.74 Å². The first-order valence-corrected chi connectivity index (χ1v) is 9.90. The predicted molar refractivity (Wildman–Crippen MR) is 110 cm³/mol. The quantitative estimate of drug-likeness (QED) is 0.575. The van der Waals surface area contributed by atoms with Gasteiger partial charge >= 0.3 is 6.61 Å². The summed E-state index contributed by atoms with van der Waals surface area (Å²) in [6.07, 6.45) is 2.24. The molecule has 0 radical (unpaired) electrons. The Morgan fingerprint density at radius 3 is 2.59 bits per heavy atom. The lowest BCUT2D eigenvalue weighted by Crippen LogP contribution is -2.28. The molecule has 2 atom stereocenters. The molecule has 1 aliphatic rings. The molecule has 10 heteroatoms. The normalized spacial score (nSPS) is 18.1. The number of amides is 1. The number of ether oxygens (including phenoxy) is 2. The number of methoxy groups -OCH3 is 1. The second kappa shape index (κ2) is 8.01. The van der Waals surface area contributed by atoms with Crippen molar-refractivity contribution in [3.8, 4) is 22.8 Å². The van der Waals surface area contributed by atoms with Crippen LogP contribution in [0.15, 0.2) is 36.7 Å². The smallest absolute Gasteiger partial charge is 0.387 e. The molecule has 2 heterocycles. The van der Waals surface area contributed by atoms with E-state index in [0.717, 1.165) is 0 Å². The fourth-order valence-corrected chi connectivity index (χ4v) is 3.44. The van der Waals surface area contributed by atoms with Crippen LogP contribution in [0.1, 0.15) is 36.2 Å². The minimum Gasteiger partial charge on any atom is -0.496 e. The standard InChI is InChI=1S/C22H22F3N3O4/c1-22(2,30)12-4-5-28-15(10-26-18(28)8-12)11-6-16(31-3)19(17(7-11)32-21(24)25)20(29)27-14-9-13(14)23/h4-8,10,13-14,21,30H,9H2,1-3H3,(H,27,29)/t13-,14+/m0/s1. The number of nitrogens with zero attached hydrogens (tertiary/aromatic N) is 2. The Balaban J connectivity index is 1.80. The number of fused-ring (bicyclic) bond motifs is 1. The molecule has 3 aromatic rings. The molecular weight excluding hydrogens is 427 g/mol. The first-order chi connectivity index (χ1) is 15.1. The van der Waals surface area contributed by atoms with Gasteiger partial charge in [-0.05, 0) is 43.7 Å². The second-order valence-electron chi connectivity index (χ2n) is 8.11. The van der Waals surface area contributed by atoms with Gasteiger partial charge in [-0.2, -0.15) is 8.78 Å². The number of pyridine rings is 1. The van der Waals surface area contributed by atoms with Crippen molar-refractivity contribution in [2.75, 3.05) is 7.11 Å². The number of benzene rings is 1. The summed E-state index contributed by atoms with van der Waals surface area (Å²) in [7, 11) is 1.29. The van der Waals surface area contributed by atoms with E-state index in [1.807, 2.05) is 0 Å². The molecule has 7 nitrogen and oxygen atoms in total. The van der Waals surface area contributed by atoms with E-state index in [2.05, 4.69) is 15.0 Å². The lowest BCUT2D eigenvalue weighted by molar-refractivity contribution is -0.0502. The highest BCUT2D eigenvalue weighted by Gasteiger charge is 2.40. The number of carbonyl (C=O) groups excluding carboxylic acids is 1. The summed E-state index contributed by atoms with van der Waals surface area (Å²) in [5.41, 5.74) is 0.808. The van der Waals surface area contributed by atoms with Crippen LogP contribution in [0.3, 0.4) is 0 Å². The molecule has 0 spiro atoms. The first-order valence-electron chi connectivity index (χ1n) is 9.90. The Hall–Kier alpha value is -3.27. The lowest BCUT2D eigenvalue weighted by Gasteiger charge is -2.18. The average molecular weight is 449 g/mol. The van der Waals surface area contributed by atoms with Gasteiger partial charge in [-0.15, -0.1) is 0 Å². The summed E-state index contributed by atoms with van der Waals surface area (Å²) in [5, 5.41) is 12.7. The number of alkyl halides is 3. The molecule has 2 N–H and O–H groups in total. The topological polar surface area (TPSA) is 85.1 Å². The first kappa shape index (κ1) is 21.9. The Labute approximate surface area is 181 Å². The van der Waals surface area contributed by atoms with Crippen LogP contribution in [-0.2, 0) is 5.60 Å². The van der Waals surface area contributed by atoms with Crippen LogP contribution in [0.4, 0.5) is 13.2 Å². The van der Waals surface area contributed by atoms with Crippen molar-refractivity contribution in [3.63, 3.8) is 0 Å². The zero-order valence-electron chi connectivity index (χ0n) is 17.6. The number of nitrogens with one attached hydrogen (secondary N) is 1. The molecule has 170 valence electrons. The van der Waals surface area contributed by atoms with E-state index in [1.165, 1.54) is 25.4 Å². The fourth-order valence-electron chi connectivity index (χ4n) is 3.44. The highest BCUT2D eigenvalue weighted by molar-refractivity contribution is 6.01. The third-order valence-electron chi connectivity index (χ3n) is 5.27.